The van der Waals surface area contributed by atoms with E-state index in [4.69, 9.17) is 4.74 Å². The molecule has 4 aromatic rings. The lowest BCUT2D eigenvalue weighted by Gasteiger charge is -2.12. The second kappa shape index (κ2) is 7.60. The summed E-state index contributed by atoms with van der Waals surface area (Å²) in [5, 5.41) is 1.46. The Morgan fingerprint density at radius 3 is 2.62 bits per heavy atom. The van der Waals surface area contributed by atoms with Crippen LogP contribution in [0.5, 0.6) is 0 Å². The maximum Gasteiger partial charge on any atom is 0.350 e. The fraction of sp³-hybridized carbons (Fsp3) is 0.182. The number of ketones is 1. The van der Waals surface area contributed by atoms with Gasteiger partial charge in [-0.15, -0.1) is 11.3 Å². The molecule has 7 heteroatoms. The minimum atomic E-state index is -0.916. The van der Waals surface area contributed by atoms with Crippen molar-refractivity contribution >= 4 is 34.0 Å². The van der Waals surface area contributed by atoms with Gasteiger partial charge in [-0.05, 0) is 39.0 Å². The van der Waals surface area contributed by atoms with Gasteiger partial charge in [-0.1, -0.05) is 24.3 Å². The van der Waals surface area contributed by atoms with E-state index in [2.05, 4.69) is 15.0 Å². The molecule has 4 rings (SSSR count). The fourth-order valence-corrected chi connectivity index (χ4v) is 4.18. The number of aromatic amines is 1. The largest absolute Gasteiger partial charge is 0.450 e. The van der Waals surface area contributed by atoms with E-state index < -0.39 is 12.1 Å². The highest BCUT2D eigenvalue weighted by atomic mass is 32.1. The second-order valence-corrected chi connectivity index (χ2v) is 7.73. The minimum absolute atomic E-state index is 0.236. The molecule has 3 heterocycles. The van der Waals surface area contributed by atoms with Gasteiger partial charge in [0.25, 0.3) is 0 Å². The van der Waals surface area contributed by atoms with Gasteiger partial charge in [0, 0.05) is 28.4 Å². The summed E-state index contributed by atoms with van der Waals surface area (Å²) in [5.74, 6) is -0.791. The highest BCUT2D eigenvalue weighted by Gasteiger charge is 2.27. The molecule has 6 nitrogen and oxygen atoms in total. The minimum Gasteiger partial charge on any atom is -0.450 e. The van der Waals surface area contributed by atoms with Crippen LogP contribution in [-0.2, 0) is 4.74 Å². The first-order valence-corrected chi connectivity index (χ1v) is 9.98. The lowest BCUT2D eigenvalue weighted by molar-refractivity contribution is 0.0323. The van der Waals surface area contributed by atoms with E-state index in [-0.39, 0.29) is 5.78 Å². The lowest BCUT2D eigenvalue weighted by Crippen LogP contribution is -2.24. The number of thiazole rings is 1. The Morgan fingerprint density at radius 2 is 1.86 bits per heavy atom. The van der Waals surface area contributed by atoms with Crippen LogP contribution in [0.2, 0.25) is 0 Å². The van der Waals surface area contributed by atoms with Crippen LogP contribution in [0.1, 0.15) is 38.3 Å². The monoisotopic (exact) mass is 405 g/mol. The van der Waals surface area contributed by atoms with E-state index in [9.17, 15) is 9.59 Å². The smallest absolute Gasteiger partial charge is 0.350 e. The van der Waals surface area contributed by atoms with Crippen molar-refractivity contribution in [2.45, 2.75) is 26.9 Å². The molecule has 1 aromatic carbocycles. The standard InChI is InChI=1S/C22H19N3O3S/c1-12-18(15-8-4-5-9-16(15)24-12)19(26)14(3)28-22(27)20-13(2)25-21(29-20)17-10-6-7-11-23-17/h4-11,14,24H,1-3H3/t14-/m0/s1. The molecule has 0 spiro atoms. The average Bonchev–Trinajstić information content (AvgIpc) is 3.27. The summed E-state index contributed by atoms with van der Waals surface area (Å²) in [6.45, 7) is 5.18. The van der Waals surface area contributed by atoms with E-state index in [1.54, 1.807) is 20.0 Å². The molecule has 1 N–H and O–H groups in total. The number of carbonyl (C=O) groups is 2. The van der Waals surface area contributed by atoms with Crippen LogP contribution in [0.3, 0.4) is 0 Å². The Hall–Kier alpha value is -3.32. The Labute approximate surface area is 171 Å². The maximum atomic E-state index is 13.0. The van der Waals surface area contributed by atoms with Crippen molar-refractivity contribution in [2.75, 3.05) is 0 Å². The van der Waals surface area contributed by atoms with Crippen molar-refractivity contribution in [1.29, 1.82) is 0 Å². The first-order chi connectivity index (χ1) is 14.0. The third kappa shape index (κ3) is 3.56. The Balaban J connectivity index is 1.56. The topological polar surface area (TPSA) is 84.9 Å². The van der Waals surface area contributed by atoms with E-state index >= 15 is 0 Å². The number of ether oxygens (including phenoxy) is 1. The average molecular weight is 405 g/mol. The Bertz CT molecular complexity index is 1210. The van der Waals surface area contributed by atoms with Gasteiger partial charge in [0.1, 0.15) is 9.88 Å². The number of benzene rings is 1. The van der Waals surface area contributed by atoms with Crippen molar-refractivity contribution in [3.63, 3.8) is 0 Å². The lowest BCUT2D eigenvalue weighted by atomic mass is 10.0. The summed E-state index contributed by atoms with van der Waals surface area (Å²) in [7, 11) is 0. The molecule has 0 aliphatic carbocycles. The van der Waals surface area contributed by atoms with Crippen molar-refractivity contribution in [3.8, 4) is 10.7 Å². The molecule has 1 atom stereocenters. The number of carbonyl (C=O) groups excluding carboxylic acids is 2. The van der Waals surface area contributed by atoms with Gasteiger partial charge in [0.05, 0.1) is 11.4 Å². The SMILES string of the molecule is Cc1nc(-c2ccccn2)sc1C(=O)O[C@@H](C)C(=O)c1c(C)[nH]c2ccccc12. The molecule has 0 radical (unpaired) electrons. The quantitative estimate of drug-likeness (QED) is 0.383. The van der Waals surface area contributed by atoms with Crippen LogP contribution in [0, 0.1) is 13.8 Å². The van der Waals surface area contributed by atoms with Crippen LogP contribution < -0.4 is 0 Å². The molecule has 0 saturated heterocycles. The third-order valence-electron chi connectivity index (χ3n) is 4.66. The van der Waals surface area contributed by atoms with Crippen molar-refractivity contribution < 1.29 is 14.3 Å². The number of aryl methyl sites for hydroxylation is 2. The molecule has 146 valence electrons. The first kappa shape index (κ1) is 19.0. The number of esters is 1. The first-order valence-electron chi connectivity index (χ1n) is 9.17. The summed E-state index contributed by atoms with van der Waals surface area (Å²) < 4.78 is 5.50. The van der Waals surface area contributed by atoms with Gasteiger partial charge in [0.15, 0.2) is 6.10 Å². The number of H-pyrrole nitrogens is 1. The number of aromatic nitrogens is 3. The second-order valence-electron chi connectivity index (χ2n) is 6.73. The number of fused-ring (bicyclic) bond motifs is 1. The molecule has 3 aromatic heterocycles. The van der Waals surface area contributed by atoms with Gasteiger partial charge in [-0.2, -0.15) is 0 Å². The van der Waals surface area contributed by atoms with Crippen LogP contribution in [0.25, 0.3) is 21.6 Å². The summed E-state index contributed by atoms with van der Waals surface area (Å²) in [6, 6.07) is 13.1. The van der Waals surface area contributed by atoms with Gasteiger partial charge >= 0.3 is 5.97 Å². The van der Waals surface area contributed by atoms with E-state index in [0.29, 0.717) is 26.8 Å². The summed E-state index contributed by atoms with van der Waals surface area (Å²) in [6.07, 6.45) is 0.758. The van der Waals surface area contributed by atoms with E-state index in [1.165, 1.54) is 11.3 Å². The Morgan fingerprint density at radius 1 is 1.10 bits per heavy atom. The van der Waals surface area contributed by atoms with Crippen molar-refractivity contribution in [3.05, 3.63) is 70.5 Å². The number of rotatable bonds is 5. The number of hydrogen-bond acceptors (Lipinski definition) is 6. The number of nitrogens with one attached hydrogen (secondary N) is 1. The van der Waals surface area contributed by atoms with Crippen LogP contribution >= 0.6 is 11.3 Å². The molecule has 0 fully saturated rings. The summed E-state index contributed by atoms with van der Waals surface area (Å²) in [5.41, 5.74) is 3.44. The zero-order chi connectivity index (χ0) is 20.5. The maximum absolute atomic E-state index is 13.0. The van der Waals surface area contributed by atoms with Crippen LogP contribution in [0.4, 0.5) is 0 Å². The molecular weight excluding hydrogens is 386 g/mol. The predicted molar refractivity (Wildman–Crippen MR) is 112 cm³/mol. The predicted octanol–water partition coefficient (Wildman–Crippen LogP) is 4.73. The number of Topliss-reactive ketones (excluding diaryl/α,β-unsaturated/α-hetero) is 1. The molecule has 0 saturated carbocycles. The van der Waals surface area contributed by atoms with Gasteiger partial charge in [-0.3, -0.25) is 9.78 Å². The number of para-hydroxylation sites is 1. The van der Waals surface area contributed by atoms with E-state index in [0.717, 1.165) is 16.6 Å². The highest BCUT2D eigenvalue weighted by molar-refractivity contribution is 7.17. The van der Waals surface area contributed by atoms with Crippen molar-refractivity contribution in [2.24, 2.45) is 0 Å². The van der Waals surface area contributed by atoms with Crippen molar-refractivity contribution in [1.82, 2.24) is 15.0 Å². The molecule has 0 bridgehead atoms. The molecule has 0 aliphatic heterocycles. The normalized spacial score (nSPS) is 12.1. The fourth-order valence-electron chi connectivity index (χ4n) is 3.25. The number of nitrogens with zero attached hydrogens (tertiary/aromatic N) is 2. The summed E-state index contributed by atoms with van der Waals surface area (Å²) >= 11 is 1.21. The van der Waals surface area contributed by atoms with Gasteiger partial charge in [0.2, 0.25) is 5.78 Å². The highest BCUT2D eigenvalue weighted by Crippen LogP contribution is 2.28. The van der Waals surface area contributed by atoms with Crippen LogP contribution in [0.15, 0.2) is 48.7 Å². The number of pyridine rings is 1. The molecule has 0 unspecified atom stereocenters. The van der Waals surface area contributed by atoms with Gasteiger partial charge < -0.3 is 9.72 Å². The molecule has 29 heavy (non-hydrogen) atoms. The van der Waals surface area contributed by atoms with Crippen LogP contribution in [-0.4, -0.2) is 32.8 Å². The Kier molecular flexibility index (Phi) is 4.98. The third-order valence-corrected chi connectivity index (χ3v) is 5.82. The number of hydrogen-bond donors (Lipinski definition) is 1. The molecular formula is C22H19N3O3S. The molecule has 0 aliphatic rings. The zero-order valence-corrected chi connectivity index (χ0v) is 17.0. The van der Waals surface area contributed by atoms with E-state index in [1.807, 2.05) is 49.4 Å². The zero-order valence-electron chi connectivity index (χ0n) is 16.2. The van der Waals surface area contributed by atoms with Gasteiger partial charge in [-0.25, -0.2) is 9.78 Å². The summed E-state index contributed by atoms with van der Waals surface area (Å²) in [4.78, 5) is 38.0. The molecule has 0 amide bonds.